The minimum Gasteiger partial charge on any atom is -0.481 e. The number of carboxylic acids is 1. The third-order valence-corrected chi connectivity index (χ3v) is 5.10. The first-order valence-electron chi connectivity index (χ1n) is 8.12. The first kappa shape index (κ1) is 15.8. The van der Waals surface area contributed by atoms with E-state index < -0.39 is 5.97 Å². The lowest BCUT2D eigenvalue weighted by Crippen LogP contribution is -2.49. The van der Waals surface area contributed by atoms with Crippen molar-refractivity contribution in [1.82, 2.24) is 4.90 Å². The molecule has 1 N–H and O–H groups in total. The van der Waals surface area contributed by atoms with Gasteiger partial charge in [0.05, 0.1) is 12.5 Å². The number of hydrogen-bond donors (Lipinski definition) is 1. The molecule has 0 aromatic heterocycles. The number of carboxylic acid groups (broad SMARTS) is 1. The van der Waals surface area contributed by atoms with E-state index in [1.54, 1.807) is 7.11 Å². The molecule has 2 fully saturated rings. The van der Waals surface area contributed by atoms with Crippen LogP contribution in [0.25, 0.3) is 0 Å². The van der Waals surface area contributed by atoms with E-state index >= 15 is 0 Å². The van der Waals surface area contributed by atoms with E-state index in [1.807, 2.05) is 0 Å². The van der Waals surface area contributed by atoms with Crippen LogP contribution in [-0.4, -0.2) is 48.3 Å². The van der Waals surface area contributed by atoms with E-state index in [4.69, 9.17) is 4.74 Å². The van der Waals surface area contributed by atoms with Crippen molar-refractivity contribution >= 4 is 5.97 Å². The highest BCUT2D eigenvalue weighted by molar-refractivity contribution is 5.71. The standard InChI is InChI=1S/C16H29NO3/c1-12(13-8-9-13)17(10-11-20-2)15-7-5-3-4-6-14(15)16(18)19/h12-15H,3-11H2,1-2H3,(H,18,19). The Morgan fingerprint density at radius 2 is 1.95 bits per heavy atom. The molecule has 2 aliphatic rings. The number of hydrogen-bond acceptors (Lipinski definition) is 3. The fraction of sp³-hybridized carbons (Fsp3) is 0.938. The van der Waals surface area contributed by atoms with Crippen LogP contribution in [0.1, 0.15) is 51.9 Å². The van der Waals surface area contributed by atoms with Gasteiger partial charge in [0.15, 0.2) is 0 Å². The van der Waals surface area contributed by atoms with Gasteiger partial charge in [-0.3, -0.25) is 9.69 Å². The van der Waals surface area contributed by atoms with Crippen molar-refractivity contribution in [2.75, 3.05) is 20.3 Å². The van der Waals surface area contributed by atoms with Gasteiger partial charge in [-0.15, -0.1) is 0 Å². The van der Waals surface area contributed by atoms with Gasteiger partial charge in [-0.2, -0.15) is 0 Å². The van der Waals surface area contributed by atoms with Gasteiger partial charge in [-0.1, -0.05) is 19.3 Å². The normalized spacial score (nSPS) is 29.1. The third kappa shape index (κ3) is 3.95. The molecule has 0 saturated heterocycles. The summed E-state index contributed by atoms with van der Waals surface area (Å²) in [4.78, 5) is 14.1. The summed E-state index contributed by atoms with van der Waals surface area (Å²) in [6, 6.07) is 0.691. The molecule has 2 saturated carbocycles. The number of methoxy groups -OCH3 is 1. The predicted molar refractivity (Wildman–Crippen MR) is 78.8 cm³/mol. The van der Waals surface area contributed by atoms with E-state index in [2.05, 4.69) is 11.8 Å². The maximum absolute atomic E-state index is 11.6. The number of aliphatic carboxylic acids is 1. The summed E-state index contributed by atoms with van der Waals surface area (Å²) in [6.07, 6.45) is 7.86. The van der Waals surface area contributed by atoms with Crippen LogP contribution in [0.5, 0.6) is 0 Å². The van der Waals surface area contributed by atoms with E-state index in [0.29, 0.717) is 12.6 Å². The summed E-state index contributed by atoms with van der Waals surface area (Å²) in [5.74, 6) is -0.0394. The monoisotopic (exact) mass is 283 g/mol. The molecule has 4 nitrogen and oxygen atoms in total. The Kier molecular flexibility index (Phi) is 5.85. The van der Waals surface area contributed by atoms with Crippen molar-refractivity contribution in [3.05, 3.63) is 0 Å². The topological polar surface area (TPSA) is 49.8 Å². The largest absolute Gasteiger partial charge is 0.481 e. The summed E-state index contributed by atoms with van der Waals surface area (Å²) >= 11 is 0. The van der Waals surface area contributed by atoms with Crippen molar-refractivity contribution in [3.63, 3.8) is 0 Å². The van der Waals surface area contributed by atoms with E-state index in [0.717, 1.165) is 38.1 Å². The first-order valence-corrected chi connectivity index (χ1v) is 8.12. The molecular weight excluding hydrogens is 254 g/mol. The molecular formula is C16H29NO3. The Hall–Kier alpha value is -0.610. The van der Waals surface area contributed by atoms with Gasteiger partial charge in [-0.25, -0.2) is 0 Å². The highest BCUT2D eigenvalue weighted by Gasteiger charge is 2.40. The zero-order valence-electron chi connectivity index (χ0n) is 12.9. The number of nitrogens with zero attached hydrogens (tertiary/aromatic N) is 1. The summed E-state index contributed by atoms with van der Waals surface area (Å²) in [6.45, 7) is 3.83. The van der Waals surface area contributed by atoms with Crippen LogP contribution in [0.15, 0.2) is 0 Å². The van der Waals surface area contributed by atoms with Gasteiger partial charge in [0.1, 0.15) is 0 Å². The van der Waals surface area contributed by atoms with Gasteiger partial charge in [0.2, 0.25) is 0 Å². The summed E-state index contributed by atoms with van der Waals surface area (Å²) in [5.41, 5.74) is 0. The van der Waals surface area contributed by atoms with Gasteiger partial charge < -0.3 is 9.84 Å². The summed E-state index contributed by atoms with van der Waals surface area (Å²) in [5, 5.41) is 9.59. The molecule has 0 amide bonds. The van der Waals surface area contributed by atoms with Gasteiger partial charge >= 0.3 is 5.97 Å². The maximum Gasteiger partial charge on any atom is 0.308 e. The molecule has 0 bridgehead atoms. The molecule has 4 heteroatoms. The number of carbonyl (C=O) groups is 1. The smallest absolute Gasteiger partial charge is 0.308 e. The van der Waals surface area contributed by atoms with Crippen molar-refractivity contribution < 1.29 is 14.6 Å². The second kappa shape index (κ2) is 7.41. The van der Waals surface area contributed by atoms with Gasteiger partial charge in [-0.05, 0) is 38.5 Å². The summed E-state index contributed by atoms with van der Waals surface area (Å²) < 4.78 is 5.25. The Morgan fingerprint density at radius 1 is 1.25 bits per heavy atom. The minimum atomic E-state index is -0.609. The predicted octanol–water partition coefficient (Wildman–Crippen LogP) is 2.77. The fourth-order valence-corrected chi connectivity index (χ4v) is 3.69. The minimum absolute atomic E-state index is 0.195. The van der Waals surface area contributed by atoms with Crippen molar-refractivity contribution in [2.24, 2.45) is 11.8 Å². The molecule has 0 radical (unpaired) electrons. The Bertz CT molecular complexity index is 317. The van der Waals surface area contributed by atoms with Crippen molar-refractivity contribution in [2.45, 2.75) is 64.0 Å². The molecule has 0 aromatic carbocycles. The van der Waals surface area contributed by atoms with Gasteiger partial charge in [0.25, 0.3) is 0 Å². The molecule has 116 valence electrons. The Labute approximate surface area is 122 Å². The van der Waals surface area contributed by atoms with Crippen molar-refractivity contribution in [1.29, 1.82) is 0 Å². The van der Waals surface area contributed by atoms with E-state index in [1.165, 1.54) is 19.3 Å². The SMILES string of the molecule is COCCN(C(C)C1CC1)C1CCCCCC1C(=O)O. The Balaban J connectivity index is 2.11. The number of rotatable bonds is 7. The van der Waals surface area contributed by atoms with Crippen LogP contribution in [0.3, 0.4) is 0 Å². The van der Waals surface area contributed by atoms with Crippen LogP contribution < -0.4 is 0 Å². The average Bonchev–Trinajstić information content (AvgIpc) is 3.25. The third-order valence-electron chi connectivity index (χ3n) is 5.10. The zero-order valence-corrected chi connectivity index (χ0v) is 12.9. The molecule has 3 unspecified atom stereocenters. The molecule has 2 aliphatic carbocycles. The first-order chi connectivity index (χ1) is 9.65. The van der Waals surface area contributed by atoms with Crippen LogP contribution in [0.4, 0.5) is 0 Å². The van der Waals surface area contributed by atoms with E-state index in [9.17, 15) is 9.90 Å². The maximum atomic E-state index is 11.6. The molecule has 0 aromatic rings. The van der Waals surface area contributed by atoms with Crippen LogP contribution >= 0.6 is 0 Å². The van der Waals surface area contributed by atoms with Gasteiger partial charge in [0, 0.05) is 25.7 Å². The van der Waals surface area contributed by atoms with Crippen LogP contribution in [0.2, 0.25) is 0 Å². The number of ether oxygens (including phenoxy) is 1. The molecule has 2 rings (SSSR count). The lowest BCUT2D eigenvalue weighted by atomic mass is 9.91. The lowest BCUT2D eigenvalue weighted by molar-refractivity contribution is -0.145. The quantitative estimate of drug-likeness (QED) is 0.730. The Morgan fingerprint density at radius 3 is 2.55 bits per heavy atom. The highest BCUT2D eigenvalue weighted by atomic mass is 16.5. The van der Waals surface area contributed by atoms with Crippen LogP contribution in [0, 0.1) is 11.8 Å². The molecule has 20 heavy (non-hydrogen) atoms. The second-order valence-corrected chi connectivity index (χ2v) is 6.46. The molecule has 0 spiro atoms. The van der Waals surface area contributed by atoms with Crippen molar-refractivity contribution in [3.8, 4) is 0 Å². The molecule has 3 atom stereocenters. The second-order valence-electron chi connectivity index (χ2n) is 6.46. The average molecular weight is 283 g/mol. The summed E-state index contributed by atoms with van der Waals surface area (Å²) in [7, 11) is 1.72. The lowest BCUT2D eigenvalue weighted by Gasteiger charge is -2.39. The van der Waals surface area contributed by atoms with Crippen LogP contribution in [-0.2, 0) is 9.53 Å². The highest BCUT2D eigenvalue weighted by Crippen LogP contribution is 2.38. The molecule has 0 aliphatic heterocycles. The zero-order chi connectivity index (χ0) is 14.5. The molecule has 0 heterocycles. The fourth-order valence-electron chi connectivity index (χ4n) is 3.69. The van der Waals surface area contributed by atoms with E-state index in [-0.39, 0.29) is 12.0 Å².